The molecule has 0 aliphatic heterocycles. The Balaban J connectivity index is 2.50. The number of benzene rings is 1. The van der Waals surface area contributed by atoms with Gasteiger partial charge in [-0.3, -0.25) is 4.98 Å². The van der Waals surface area contributed by atoms with Crippen LogP contribution in [0.2, 0.25) is 10.0 Å². The Labute approximate surface area is 154 Å². The number of aromatic nitrogens is 1. The van der Waals surface area contributed by atoms with Crippen LogP contribution < -0.4 is 0 Å². The molecule has 0 amide bonds. The molecule has 2 aromatic rings. The molecule has 1 heterocycles. The minimum Gasteiger partial charge on any atom is -0.376 e. The lowest BCUT2D eigenvalue weighted by molar-refractivity contribution is -0.259. The topological polar surface area (TPSA) is 33.1 Å². The maximum atomic E-state index is 13.2. The van der Waals surface area contributed by atoms with Gasteiger partial charge in [0.15, 0.2) is 5.60 Å². The van der Waals surface area contributed by atoms with Gasteiger partial charge in [0.2, 0.25) is 0 Å². The Kier molecular flexibility index (Phi) is 5.52. The van der Waals surface area contributed by atoms with E-state index in [0.717, 1.165) is 18.3 Å². The Morgan fingerprint density at radius 3 is 2.12 bits per heavy atom. The molecule has 0 bridgehead atoms. The largest absolute Gasteiger partial charge is 0.433 e. The van der Waals surface area contributed by atoms with E-state index in [-0.39, 0.29) is 27.6 Å². The van der Waals surface area contributed by atoms with E-state index in [1.807, 2.05) is 0 Å². The van der Waals surface area contributed by atoms with Crippen LogP contribution in [0.4, 0.5) is 26.3 Å². The van der Waals surface area contributed by atoms with Gasteiger partial charge in [-0.05, 0) is 41.8 Å². The summed E-state index contributed by atoms with van der Waals surface area (Å²) in [4.78, 5) is 3.26. The van der Waals surface area contributed by atoms with Crippen LogP contribution in [0.5, 0.6) is 0 Å². The summed E-state index contributed by atoms with van der Waals surface area (Å²) in [5, 5.41) is 9.70. The highest BCUT2D eigenvalue weighted by molar-refractivity contribution is 6.35. The number of hydrogen-bond acceptors (Lipinski definition) is 2. The predicted octanol–water partition coefficient (Wildman–Crippen LogP) is 5.77. The molecule has 2 rings (SSSR count). The second-order valence-corrected chi connectivity index (χ2v) is 6.55. The lowest BCUT2D eigenvalue weighted by Crippen LogP contribution is -2.40. The second kappa shape index (κ2) is 6.90. The van der Waals surface area contributed by atoms with Crippen LogP contribution in [-0.4, -0.2) is 16.3 Å². The van der Waals surface area contributed by atoms with E-state index in [0.29, 0.717) is 13.0 Å². The molecule has 0 radical (unpaired) electrons. The fourth-order valence-corrected chi connectivity index (χ4v) is 2.83. The highest BCUT2D eigenvalue weighted by atomic mass is 35.5. The Morgan fingerprint density at radius 2 is 1.65 bits per heavy atom. The van der Waals surface area contributed by atoms with Crippen LogP contribution in [-0.2, 0) is 18.2 Å². The van der Waals surface area contributed by atoms with Gasteiger partial charge < -0.3 is 5.11 Å². The third-order valence-corrected chi connectivity index (χ3v) is 4.29. The predicted molar refractivity (Wildman–Crippen MR) is 84.1 cm³/mol. The van der Waals surface area contributed by atoms with E-state index in [2.05, 4.69) is 4.98 Å². The van der Waals surface area contributed by atoms with Crippen molar-refractivity contribution in [2.24, 2.45) is 0 Å². The molecule has 26 heavy (non-hydrogen) atoms. The van der Waals surface area contributed by atoms with Gasteiger partial charge in [-0.1, -0.05) is 29.3 Å². The van der Waals surface area contributed by atoms with E-state index < -0.39 is 29.2 Å². The van der Waals surface area contributed by atoms with E-state index in [1.165, 1.54) is 6.07 Å². The normalized spacial score (nSPS) is 15.0. The molecule has 1 atom stereocenters. The van der Waals surface area contributed by atoms with Gasteiger partial charge in [0.05, 0.1) is 0 Å². The van der Waals surface area contributed by atoms with Crippen LogP contribution >= 0.6 is 23.2 Å². The summed E-state index contributed by atoms with van der Waals surface area (Å²) in [6, 6.07) is 3.90. The van der Waals surface area contributed by atoms with Gasteiger partial charge in [0.1, 0.15) is 5.69 Å². The summed E-state index contributed by atoms with van der Waals surface area (Å²) in [6.07, 6.45) is -9.04. The molecule has 0 spiro atoms. The molecule has 10 heteroatoms. The SMILES string of the molecule is C[C@](O)(c1cc(Cl)cc(Cl)c1Cc1ccc(C(F)(F)F)nc1)C(F)(F)F. The first-order chi connectivity index (χ1) is 11.7. The molecule has 142 valence electrons. The molecule has 1 N–H and O–H groups in total. The summed E-state index contributed by atoms with van der Waals surface area (Å²) in [6.45, 7) is 0.545. The summed E-state index contributed by atoms with van der Waals surface area (Å²) >= 11 is 11.7. The molecule has 1 aromatic heterocycles. The monoisotopic (exact) mass is 417 g/mol. The number of halogens is 8. The van der Waals surface area contributed by atoms with Crippen molar-refractivity contribution < 1.29 is 31.4 Å². The number of nitrogens with zero attached hydrogens (tertiary/aromatic N) is 1. The zero-order valence-corrected chi connectivity index (χ0v) is 14.5. The lowest BCUT2D eigenvalue weighted by Gasteiger charge is -2.29. The molecule has 0 saturated carbocycles. The highest BCUT2D eigenvalue weighted by Crippen LogP contribution is 2.43. The number of hydrogen-bond donors (Lipinski definition) is 1. The minimum absolute atomic E-state index is 0.111. The maximum absolute atomic E-state index is 13.2. The van der Waals surface area contributed by atoms with Crippen LogP contribution in [0.15, 0.2) is 30.5 Å². The van der Waals surface area contributed by atoms with Crippen molar-refractivity contribution in [2.75, 3.05) is 0 Å². The zero-order chi connectivity index (χ0) is 19.9. The van der Waals surface area contributed by atoms with Gasteiger partial charge in [-0.25, -0.2) is 0 Å². The van der Waals surface area contributed by atoms with Crippen LogP contribution in [0.25, 0.3) is 0 Å². The molecule has 2 nitrogen and oxygen atoms in total. The smallest absolute Gasteiger partial charge is 0.376 e. The first kappa shape index (κ1) is 20.8. The lowest BCUT2D eigenvalue weighted by atomic mass is 9.88. The molecule has 0 aliphatic rings. The van der Waals surface area contributed by atoms with Crippen molar-refractivity contribution in [1.29, 1.82) is 0 Å². The number of alkyl halides is 6. The Bertz CT molecular complexity index is 800. The van der Waals surface area contributed by atoms with Gasteiger partial charge in [0.25, 0.3) is 0 Å². The summed E-state index contributed by atoms with van der Waals surface area (Å²) in [7, 11) is 0. The van der Waals surface area contributed by atoms with Crippen LogP contribution in [0.1, 0.15) is 29.3 Å². The highest BCUT2D eigenvalue weighted by Gasteiger charge is 2.52. The van der Waals surface area contributed by atoms with Gasteiger partial charge >= 0.3 is 12.4 Å². The molecular weight excluding hydrogens is 407 g/mol. The van der Waals surface area contributed by atoms with Crippen molar-refractivity contribution in [2.45, 2.75) is 31.3 Å². The standard InChI is InChI=1S/C16H11Cl2F6NO/c1-14(26,16(22,23)24)11-5-9(17)6-12(18)10(11)4-8-2-3-13(25-7-8)15(19,20)21/h2-3,5-7,26H,4H2,1H3/t14-/m0/s1. The second-order valence-electron chi connectivity index (χ2n) is 5.71. The molecule has 1 aromatic carbocycles. The van der Waals surface area contributed by atoms with E-state index in [1.54, 1.807) is 0 Å². The zero-order valence-electron chi connectivity index (χ0n) is 13.0. The van der Waals surface area contributed by atoms with E-state index >= 15 is 0 Å². The Hall–Kier alpha value is -1.51. The molecule has 0 unspecified atom stereocenters. The minimum atomic E-state index is -5.02. The van der Waals surface area contributed by atoms with Gasteiger partial charge in [0, 0.05) is 22.7 Å². The summed E-state index contributed by atoms with van der Waals surface area (Å²) in [5.74, 6) is 0. The summed E-state index contributed by atoms with van der Waals surface area (Å²) in [5.41, 5.74) is -4.90. The average molecular weight is 418 g/mol. The van der Waals surface area contributed by atoms with Crippen molar-refractivity contribution in [3.05, 3.63) is 62.9 Å². The fourth-order valence-electron chi connectivity index (χ4n) is 2.27. The van der Waals surface area contributed by atoms with E-state index in [4.69, 9.17) is 23.2 Å². The maximum Gasteiger partial charge on any atom is 0.433 e. The molecular formula is C16H11Cl2F6NO. The number of aliphatic hydroxyl groups is 1. The van der Waals surface area contributed by atoms with Crippen molar-refractivity contribution >= 4 is 23.2 Å². The average Bonchev–Trinajstić information content (AvgIpc) is 2.48. The van der Waals surface area contributed by atoms with Gasteiger partial charge in [-0.2, -0.15) is 26.3 Å². The van der Waals surface area contributed by atoms with Crippen LogP contribution in [0.3, 0.4) is 0 Å². The number of rotatable bonds is 3. The molecule has 0 aliphatic carbocycles. The summed E-state index contributed by atoms with van der Waals surface area (Å²) < 4.78 is 77.3. The fraction of sp³-hybridized carbons (Fsp3) is 0.312. The quantitative estimate of drug-likeness (QED) is 0.643. The first-order valence-electron chi connectivity index (χ1n) is 7.03. The van der Waals surface area contributed by atoms with E-state index in [9.17, 15) is 31.4 Å². The van der Waals surface area contributed by atoms with Crippen molar-refractivity contribution in [3.63, 3.8) is 0 Å². The van der Waals surface area contributed by atoms with Gasteiger partial charge in [-0.15, -0.1) is 0 Å². The molecule has 0 fully saturated rings. The van der Waals surface area contributed by atoms with Crippen molar-refractivity contribution in [1.82, 2.24) is 4.98 Å². The number of pyridine rings is 1. The third-order valence-electron chi connectivity index (χ3n) is 3.73. The molecule has 0 saturated heterocycles. The van der Waals surface area contributed by atoms with Crippen molar-refractivity contribution in [3.8, 4) is 0 Å². The third kappa shape index (κ3) is 4.24. The first-order valence-corrected chi connectivity index (χ1v) is 7.78. The van der Waals surface area contributed by atoms with Crippen LogP contribution in [0, 0.1) is 0 Å². The Morgan fingerprint density at radius 1 is 1.04 bits per heavy atom.